The molecule has 34 heavy (non-hydrogen) atoms. The van der Waals surface area contributed by atoms with Gasteiger partial charge in [0.1, 0.15) is 5.60 Å². The van der Waals surface area contributed by atoms with Gasteiger partial charge >= 0.3 is 12.2 Å². The van der Waals surface area contributed by atoms with Crippen LogP contribution in [0.4, 0.5) is 9.59 Å². The Bertz CT molecular complexity index is 662. The van der Waals surface area contributed by atoms with E-state index in [-0.39, 0.29) is 34.0 Å². The Morgan fingerprint density at radius 1 is 0.735 bits per heavy atom. The third kappa shape index (κ3) is 8.01. The summed E-state index contributed by atoms with van der Waals surface area (Å²) in [4.78, 5) is 23.3. The van der Waals surface area contributed by atoms with Gasteiger partial charge in [0.05, 0.1) is 6.61 Å². The average Bonchev–Trinajstić information content (AvgIpc) is 2.57. The number of carbonyl (C=O) groups is 2. The number of ether oxygens (including phenoxy) is 2. The second-order valence-corrected chi connectivity index (χ2v) is 13.4. The Kier molecular flexibility index (Phi) is 8.62. The molecule has 2 heterocycles. The maximum atomic E-state index is 12.5. The number of nitrogens with two attached hydrogens (primary N) is 2. The third-order valence-electron chi connectivity index (χ3n) is 7.51. The zero-order valence-electron chi connectivity index (χ0n) is 22.8. The minimum Gasteiger partial charge on any atom is -0.450 e. The van der Waals surface area contributed by atoms with Crippen molar-refractivity contribution < 1.29 is 19.1 Å². The van der Waals surface area contributed by atoms with Gasteiger partial charge in [0, 0.05) is 34.0 Å². The number of primary amides is 2. The van der Waals surface area contributed by atoms with Crippen molar-refractivity contribution in [1.82, 2.24) is 10.6 Å². The highest BCUT2D eigenvalue weighted by molar-refractivity contribution is 5.65. The van der Waals surface area contributed by atoms with Crippen molar-refractivity contribution in [1.29, 1.82) is 0 Å². The second-order valence-electron chi connectivity index (χ2n) is 13.4. The Labute approximate surface area is 206 Å². The zero-order chi connectivity index (χ0) is 26.0. The molecule has 0 aromatic rings. The van der Waals surface area contributed by atoms with Gasteiger partial charge < -0.3 is 31.6 Å². The van der Waals surface area contributed by atoms with Crippen LogP contribution in [-0.2, 0) is 9.47 Å². The Hall–Kier alpha value is -1.54. The lowest BCUT2D eigenvalue weighted by Crippen LogP contribution is -2.67. The Balaban J connectivity index is 2.43. The molecule has 0 saturated carbocycles. The number of unbranched alkanes of at least 4 members (excludes halogenated alkanes) is 2. The molecule has 2 aliphatic heterocycles. The van der Waals surface area contributed by atoms with E-state index in [1.54, 1.807) is 0 Å². The van der Waals surface area contributed by atoms with Crippen LogP contribution in [0.2, 0.25) is 0 Å². The maximum Gasteiger partial charge on any atom is 0.405 e. The van der Waals surface area contributed by atoms with Gasteiger partial charge in [-0.3, -0.25) is 0 Å². The molecule has 2 saturated heterocycles. The maximum absolute atomic E-state index is 12.5. The summed E-state index contributed by atoms with van der Waals surface area (Å²) in [6.07, 6.45) is 5.34. The second kappa shape index (κ2) is 10.2. The van der Waals surface area contributed by atoms with E-state index in [0.717, 1.165) is 51.4 Å². The first kappa shape index (κ1) is 28.7. The van der Waals surface area contributed by atoms with E-state index in [0.29, 0.717) is 6.61 Å². The molecule has 2 aliphatic rings. The van der Waals surface area contributed by atoms with Crippen molar-refractivity contribution in [3.05, 3.63) is 0 Å². The summed E-state index contributed by atoms with van der Waals surface area (Å²) in [6, 6.07) is 0. The van der Waals surface area contributed by atoms with Crippen LogP contribution < -0.4 is 22.1 Å². The third-order valence-corrected chi connectivity index (χ3v) is 7.51. The molecular weight excluding hydrogens is 432 g/mol. The van der Waals surface area contributed by atoms with E-state index in [4.69, 9.17) is 20.9 Å². The number of piperidine rings is 2. The first-order chi connectivity index (χ1) is 15.4. The van der Waals surface area contributed by atoms with Crippen molar-refractivity contribution in [3.63, 3.8) is 0 Å². The van der Waals surface area contributed by atoms with E-state index >= 15 is 0 Å². The molecule has 8 nitrogen and oxygen atoms in total. The normalized spacial score (nSPS) is 24.4. The fourth-order valence-corrected chi connectivity index (χ4v) is 7.34. The first-order valence-electron chi connectivity index (χ1n) is 12.9. The van der Waals surface area contributed by atoms with Gasteiger partial charge in [-0.05, 0) is 107 Å². The van der Waals surface area contributed by atoms with Crippen LogP contribution in [0.25, 0.3) is 0 Å². The fraction of sp³-hybridized carbons (Fsp3) is 0.923. The number of amides is 2. The number of hydrogen-bond acceptors (Lipinski definition) is 6. The summed E-state index contributed by atoms with van der Waals surface area (Å²) < 4.78 is 11.2. The van der Waals surface area contributed by atoms with Crippen molar-refractivity contribution in [3.8, 4) is 0 Å². The molecule has 0 unspecified atom stereocenters. The first-order valence-corrected chi connectivity index (χ1v) is 12.9. The van der Waals surface area contributed by atoms with Crippen LogP contribution in [0, 0.1) is 11.8 Å². The zero-order valence-corrected chi connectivity index (χ0v) is 22.8. The number of hydrogen-bond donors (Lipinski definition) is 4. The quantitative estimate of drug-likeness (QED) is 0.356. The lowest BCUT2D eigenvalue weighted by atomic mass is 9.58. The van der Waals surface area contributed by atoms with Gasteiger partial charge in [0.15, 0.2) is 0 Å². The van der Waals surface area contributed by atoms with Crippen molar-refractivity contribution in [2.24, 2.45) is 23.3 Å². The molecule has 0 aliphatic carbocycles. The van der Waals surface area contributed by atoms with E-state index in [1.807, 2.05) is 0 Å². The summed E-state index contributed by atoms with van der Waals surface area (Å²) in [5.74, 6) is 0.339. The number of rotatable bonds is 9. The van der Waals surface area contributed by atoms with Crippen LogP contribution in [0.5, 0.6) is 0 Å². The molecule has 0 radical (unpaired) electrons. The van der Waals surface area contributed by atoms with E-state index in [2.05, 4.69) is 66.0 Å². The topological polar surface area (TPSA) is 129 Å². The van der Waals surface area contributed by atoms with Gasteiger partial charge in [-0.1, -0.05) is 0 Å². The smallest absolute Gasteiger partial charge is 0.405 e. The Morgan fingerprint density at radius 2 is 1.15 bits per heavy atom. The molecule has 0 spiro atoms. The van der Waals surface area contributed by atoms with Crippen molar-refractivity contribution >= 4 is 12.2 Å². The molecule has 0 bridgehead atoms. The summed E-state index contributed by atoms with van der Waals surface area (Å²) in [5, 5.41) is 7.55. The van der Waals surface area contributed by atoms with Gasteiger partial charge in [0.25, 0.3) is 0 Å². The highest BCUT2D eigenvalue weighted by Crippen LogP contribution is 2.51. The predicted octanol–water partition coefficient (Wildman–Crippen LogP) is 4.59. The van der Waals surface area contributed by atoms with Gasteiger partial charge in [-0.15, -0.1) is 0 Å². The minimum atomic E-state index is -0.746. The van der Waals surface area contributed by atoms with Gasteiger partial charge in [-0.2, -0.15) is 0 Å². The lowest BCUT2D eigenvalue weighted by Gasteiger charge is -2.58. The van der Waals surface area contributed by atoms with Crippen LogP contribution in [0.3, 0.4) is 0 Å². The van der Waals surface area contributed by atoms with E-state index < -0.39 is 17.8 Å². The van der Waals surface area contributed by atoms with Crippen LogP contribution in [0.15, 0.2) is 0 Å². The molecule has 198 valence electrons. The SMILES string of the molecule is CC1(C)CC(C(CCCCCOC(N)=O)(OC(N)=O)C2CC(C)(C)NC(C)(C)C2)CC(C)(C)N1. The molecule has 0 aromatic carbocycles. The molecule has 8 heteroatoms. The molecule has 2 fully saturated rings. The van der Waals surface area contributed by atoms with Crippen LogP contribution in [0.1, 0.15) is 107 Å². The van der Waals surface area contributed by atoms with Gasteiger partial charge in [0.2, 0.25) is 0 Å². The number of nitrogens with one attached hydrogen (secondary N) is 2. The molecule has 2 rings (SSSR count). The van der Waals surface area contributed by atoms with E-state index in [9.17, 15) is 9.59 Å². The summed E-state index contributed by atoms with van der Waals surface area (Å²) in [7, 11) is 0. The largest absolute Gasteiger partial charge is 0.450 e. The predicted molar refractivity (Wildman–Crippen MR) is 135 cm³/mol. The van der Waals surface area contributed by atoms with Crippen molar-refractivity contribution in [2.75, 3.05) is 6.61 Å². The standard InChI is InChI=1S/C26H50N4O4/c1-22(2)14-18(15-23(3,4)29-22)26(34-21(28)32,12-10-9-11-13-33-20(27)31)19-16-24(5,6)30-25(7,8)17-19/h18-19,29-30H,9-17H2,1-8H3,(H2,27,31)(H2,28,32). The summed E-state index contributed by atoms with van der Waals surface area (Å²) in [6.45, 7) is 18.1. The fourth-order valence-electron chi connectivity index (χ4n) is 7.34. The monoisotopic (exact) mass is 482 g/mol. The lowest BCUT2D eigenvalue weighted by molar-refractivity contribution is -0.133. The average molecular weight is 483 g/mol. The molecule has 0 aromatic heterocycles. The molecular formula is C26H50N4O4. The van der Waals surface area contributed by atoms with Crippen molar-refractivity contribution in [2.45, 2.75) is 135 Å². The van der Waals surface area contributed by atoms with E-state index in [1.165, 1.54) is 0 Å². The highest BCUT2D eigenvalue weighted by Gasteiger charge is 2.56. The summed E-state index contributed by atoms with van der Waals surface area (Å²) in [5.41, 5.74) is 9.84. The Morgan fingerprint density at radius 3 is 1.50 bits per heavy atom. The van der Waals surface area contributed by atoms with Crippen LogP contribution >= 0.6 is 0 Å². The molecule has 0 atom stereocenters. The minimum absolute atomic E-state index is 0.0913. The molecule has 6 N–H and O–H groups in total. The summed E-state index contributed by atoms with van der Waals surface area (Å²) >= 11 is 0. The number of carbonyl (C=O) groups excluding carboxylic acids is 2. The van der Waals surface area contributed by atoms with Gasteiger partial charge in [-0.25, -0.2) is 9.59 Å². The molecule has 2 amide bonds. The highest BCUT2D eigenvalue weighted by atomic mass is 16.6. The van der Waals surface area contributed by atoms with Crippen LogP contribution in [-0.4, -0.2) is 46.6 Å².